The fraction of sp³-hybridized carbons (Fsp3) is 0.619. The summed E-state index contributed by atoms with van der Waals surface area (Å²) >= 11 is 0. The molecular weight excluding hydrogens is 347 g/mol. The molecule has 3 aliphatic rings. The van der Waals surface area contributed by atoms with E-state index in [4.69, 9.17) is 4.74 Å². The molecule has 1 saturated carbocycles. The number of ether oxygens (including phenoxy) is 1. The molecule has 1 saturated heterocycles. The molecule has 6 heteroatoms. The summed E-state index contributed by atoms with van der Waals surface area (Å²) in [5, 5.41) is 3.11. The molecule has 146 valence electrons. The minimum atomic E-state index is -0.675. The number of quaternary nitrogens is 1. The van der Waals surface area contributed by atoms with Crippen molar-refractivity contribution in [3.8, 4) is 0 Å². The Labute approximate surface area is 159 Å². The molecule has 1 N–H and O–H groups in total. The van der Waals surface area contributed by atoms with Crippen LogP contribution in [0.3, 0.4) is 0 Å². The van der Waals surface area contributed by atoms with Crippen LogP contribution in [-0.4, -0.2) is 49.6 Å². The Hall–Kier alpha value is -1.95. The maximum atomic E-state index is 13.5. The van der Waals surface area contributed by atoms with Crippen LogP contribution in [0.5, 0.6) is 0 Å². The van der Waals surface area contributed by atoms with Crippen LogP contribution in [0, 0.1) is 11.7 Å². The number of benzene rings is 1. The first-order valence-corrected chi connectivity index (χ1v) is 10.1. The standard InChI is InChI=1S/C21H27FN2O3/c1-24(11-2-3-12-24)13-10-23-19(25)15-6-8-21(9-7-15)18-5-4-16(22)14-17(18)20(26)27-21/h4-5,14-15H,2-3,6-13H2,1H3/p+1/t15-,21-. The monoisotopic (exact) mass is 375 g/mol. The third-order valence-corrected chi connectivity index (χ3v) is 6.74. The topological polar surface area (TPSA) is 55.4 Å². The van der Waals surface area contributed by atoms with Gasteiger partial charge in [0, 0.05) is 24.3 Å². The zero-order chi connectivity index (χ0) is 19.1. The number of halogens is 1. The van der Waals surface area contributed by atoms with Gasteiger partial charge in [-0.25, -0.2) is 9.18 Å². The third-order valence-electron chi connectivity index (χ3n) is 6.74. The van der Waals surface area contributed by atoms with Crippen LogP contribution in [0.4, 0.5) is 4.39 Å². The lowest BCUT2D eigenvalue weighted by molar-refractivity contribution is -0.896. The van der Waals surface area contributed by atoms with Gasteiger partial charge in [-0.05, 0) is 37.8 Å². The highest BCUT2D eigenvalue weighted by atomic mass is 19.1. The summed E-state index contributed by atoms with van der Waals surface area (Å²) in [6.07, 6.45) is 5.15. The van der Waals surface area contributed by atoms with Gasteiger partial charge in [-0.2, -0.15) is 0 Å². The van der Waals surface area contributed by atoms with Crippen LogP contribution in [0.1, 0.15) is 54.4 Å². The fourth-order valence-corrected chi connectivity index (χ4v) is 5.00. The lowest BCUT2D eigenvalue weighted by Gasteiger charge is -2.36. The Kier molecular flexibility index (Phi) is 4.70. The molecule has 1 amide bonds. The number of hydrogen-bond acceptors (Lipinski definition) is 3. The van der Waals surface area contributed by atoms with Crippen molar-refractivity contribution in [1.82, 2.24) is 5.32 Å². The first-order valence-electron chi connectivity index (χ1n) is 10.1. The van der Waals surface area contributed by atoms with E-state index in [9.17, 15) is 14.0 Å². The molecule has 0 unspecified atom stereocenters. The summed E-state index contributed by atoms with van der Waals surface area (Å²) in [5.41, 5.74) is 0.435. The number of carbonyl (C=O) groups is 2. The van der Waals surface area contributed by atoms with E-state index in [1.807, 2.05) is 0 Å². The van der Waals surface area contributed by atoms with Crippen LogP contribution < -0.4 is 5.32 Å². The van der Waals surface area contributed by atoms with E-state index < -0.39 is 17.4 Å². The highest BCUT2D eigenvalue weighted by Crippen LogP contribution is 2.48. The number of carbonyl (C=O) groups excluding carboxylic acids is 2. The molecule has 27 heavy (non-hydrogen) atoms. The summed E-state index contributed by atoms with van der Waals surface area (Å²) in [4.78, 5) is 24.7. The van der Waals surface area contributed by atoms with Crippen molar-refractivity contribution in [2.24, 2.45) is 5.92 Å². The summed E-state index contributed by atoms with van der Waals surface area (Å²) in [6, 6.07) is 4.30. The van der Waals surface area contributed by atoms with E-state index in [-0.39, 0.29) is 11.8 Å². The largest absolute Gasteiger partial charge is 0.451 e. The average Bonchev–Trinajstić information content (AvgIpc) is 3.18. The van der Waals surface area contributed by atoms with Gasteiger partial charge in [-0.1, -0.05) is 6.07 Å². The van der Waals surface area contributed by atoms with Crippen molar-refractivity contribution >= 4 is 11.9 Å². The van der Waals surface area contributed by atoms with Crippen molar-refractivity contribution in [3.05, 3.63) is 35.1 Å². The van der Waals surface area contributed by atoms with Gasteiger partial charge in [0.1, 0.15) is 11.4 Å². The second-order valence-electron chi connectivity index (χ2n) is 8.64. The Morgan fingerprint density at radius 3 is 2.70 bits per heavy atom. The maximum absolute atomic E-state index is 13.5. The van der Waals surface area contributed by atoms with E-state index in [1.165, 1.54) is 38.1 Å². The minimum absolute atomic E-state index is 0.0392. The second kappa shape index (κ2) is 6.89. The van der Waals surface area contributed by atoms with Gasteiger partial charge < -0.3 is 14.5 Å². The summed E-state index contributed by atoms with van der Waals surface area (Å²) in [5.74, 6) is -0.804. The lowest BCUT2D eigenvalue weighted by Crippen LogP contribution is -2.47. The average molecular weight is 375 g/mol. The third kappa shape index (κ3) is 3.47. The Morgan fingerprint density at radius 1 is 1.30 bits per heavy atom. The van der Waals surface area contributed by atoms with Crippen molar-refractivity contribution in [3.63, 3.8) is 0 Å². The number of likely N-dealkylation sites (tertiary alicyclic amines) is 1. The van der Waals surface area contributed by atoms with Crippen LogP contribution in [-0.2, 0) is 15.1 Å². The van der Waals surface area contributed by atoms with Gasteiger partial charge in [0.05, 0.1) is 38.8 Å². The van der Waals surface area contributed by atoms with E-state index in [1.54, 1.807) is 6.07 Å². The summed E-state index contributed by atoms with van der Waals surface area (Å²) in [6.45, 7) is 4.10. The Morgan fingerprint density at radius 2 is 2.00 bits per heavy atom. The number of hydrogen-bond donors (Lipinski definition) is 1. The number of likely N-dealkylation sites (N-methyl/N-ethyl adjacent to an activating group) is 1. The molecule has 5 nitrogen and oxygen atoms in total. The first-order chi connectivity index (χ1) is 12.9. The van der Waals surface area contributed by atoms with Gasteiger partial charge in [0.2, 0.25) is 5.91 Å². The Bertz CT molecular complexity index is 750. The molecule has 1 spiro atoms. The highest BCUT2D eigenvalue weighted by molar-refractivity contribution is 5.94. The summed E-state index contributed by atoms with van der Waals surface area (Å²) < 4.78 is 20.2. The van der Waals surface area contributed by atoms with Crippen LogP contribution in [0.2, 0.25) is 0 Å². The van der Waals surface area contributed by atoms with Crippen LogP contribution in [0.15, 0.2) is 18.2 Å². The maximum Gasteiger partial charge on any atom is 0.339 e. The summed E-state index contributed by atoms with van der Waals surface area (Å²) in [7, 11) is 2.26. The number of esters is 1. The number of rotatable bonds is 4. The fourth-order valence-electron chi connectivity index (χ4n) is 5.00. The molecule has 1 aromatic carbocycles. The van der Waals surface area contributed by atoms with E-state index in [2.05, 4.69) is 12.4 Å². The second-order valence-corrected chi connectivity index (χ2v) is 8.64. The number of nitrogens with one attached hydrogen (secondary N) is 1. The van der Waals surface area contributed by atoms with E-state index >= 15 is 0 Å². The molecule has 1 aliphatic carbocycles. The number of fused-ring (bicyclic) bond motifs is 2. The van der Waals surface area contributed by atoms with Crippen molar-refractivity contribution in [2.75, 3.05) is 33.2 Å². The predicted octanol–water partition coefficient (Wildman–Crippen LogP) is 2.74. The van der Waals surface area contributed by atoms with Gasteiger partial charge >= 0.3 is 5.97 Å². The first kappa shape index (κ1) is 18.4. The molecular formula is C21H28FN2O3+. The molecule has 2 aliphatic heterocycles. The molecule has 2 fully saturated rings. The minimum Gasteiger partial charge on any atom is -0.451 e. The normalized spacial score (nSPS) is 28.8. The quantitative estimate of drug-likeness (QED) is 0.650. The zero-order valence-corrected chi connectivity index (χ0v) is 15.9. The Balaban J connectivity index is 1.33. The molecule has 0 aromatic heterocycles. The van der Waals surface area contributed by atoms with E-state index in [0.29, 0.717) is 37.8 Å². The van der Waals surface area contributed by atoms with Crippen LogP contribution >= 0.6 is 0 Å². The van der Waals surface area contributed by atoms with Gasteiger partial charge in [-0.15, -0.1) is 0 Å². The van der Waals surface area contributed by atoms with Crippen molar-refractivity contribution in [2.45, 2.75) is 44.1 Å². The van der Waals surface area contributed by atoms with Gasteiger partial charge in [0.25, 0.3) is 0 Å². The lowest BCUT2D eigenvalue weighted by atomic mass is 9.74. The molecule has 4 rings (SSSR count). The van der Waals surface area contributed by atoms with Crippen molar-refractivity contribution in [1.29, 1.82) is 0 Å². The highest BCUT2D eigenvalue weighted by Gasteiger charge is 2.48. The number of nitrogens with zero attached hydrogens (tertiary/aromatic N) is 1. The SMILES string of the molecule is C[N+]1(CCNC(=O)[C@H]2CC[C@@]3(CC2)OC(=O)c2cc(F)ccc23)CCCC1. The molecule has 0 atom stereocenters. The predicted molar refractivity (Wildman–Crippen MR) is 98.5 cm³/mol. The molecule has 2 heterocycles. The molecule has 0 radical (unpaired) electrons. The zero-order valence-electron chi connectivity index (χ0n) is 15.9. The van der Waals surface area contributed by atoms with Crippen LogP contribution in [0.25, 0.3) is 0 Å². The van der Waals surface area contributed by atoms with E-state index in [0.717, 1.165) is 16.6 Å². The van der Waals surface area contributed by atoms with Gasteiger partial charge in [0.15, 0.2) is 0 Å². The van der Waals surface area contributed by atoms with Gasteiger partial charge in [-0.3, -0.25) is 4.79 Å². The smallest absolute Gasteiger partial charge is 0.339 e. The molecule has 0 bridgehead atoms. The number of amides is 1. The molecule has 1 aromatic rings. The van der Waals surface area contributed by atoms with Crippen molar-refractivity contribution < 1.29 is 23.2 Å².